The van der Waals surface area contributed by atoms with E-state index in [0.717, 1.165) is 18.1 Å². The second-order valence-corrected chi connectivity index (χ2v) is 4.46. The number of furan rings is 1. The molecule has 0 saturated carbocycles. The third-order valence-corrected chi connectivity index (χ3v) is 3.15. The van der Waals surface area contributed by atoms with E-state index in [9.17, 15) is 0 Å². The monoisotopic (exact) mass is 219 g/mol. The second-order valence-electron chi connectivity index (χ2n) is 4.46. The van der Waals surface area contributed by atoms with Crippen LogP contribution in [0, 0.1) is 6.92 Å². The van der Waals surface area contributed by atoms with E-state index in [0.29, 0.717) is 6.04 Å². The first-order valence-corrected chi connectivity index (χ1v) is 6.30. The van der Waals surface area contributed by atoms with Crippen molar-refractivity contribution in [2.24, 2.45) is 0 Å². The van der Waals surface area contributed by atoms with Crippen LogP contribution in [0.25, 0.3) is 0 Å². The predicted molar refractivity (Wildman–Crippen MR) is 66.4 cm³/mol. The SMILES string of the molecule is CCNC(C1=CCCCC1)c1ccc(C)o1. The van der Waals surface area contributed by atoms with Gasteiger partial charge < -0.3 is 9.73 Å². The largest absolute Gasteiger partial charge is 0.464 e. The van der Waals surface area contributed by atoms with Crippen LogP contribution in [-0.4, -0.2) is 6.54 Å². The van der Waals surface area contributed by atoms with Crippen LogP contribution >= 0.6 is 0 Å². The minimum absolute atomic E-state index is 0.291. The average Bonchev–Trinajstić information content (AvgIpc) is 2.74. The second kappa shape index (κ2) is 5.35. The molecule has 0 saturated heterocycles. The van der Waals surface area contributed by atoms with Gasteiger partial charge in [0.2, 0.25) is 0 Å². The Morgan fingerprint density at radius 2 is 2.25 bits per heavy atom. The maximum Gasteiger partial charge on any atom is 0.125 e. The van der Waals surface area contributed by atoms with Crippen molar-refractivity contribution in [1.82, 2.24) is 5.32 Å². The molecule has 0 amide bonds. The molecule has 0 fully saturated rings. The summed E-state index contributed by atoms with van der Waals surface area (Å²) in [5.74, 6) is 2.06. The summed E-state index contributed by atoms with van der Waals surface area (Å²) in [7, 11) is 0. The van der Waals surface area contributed by atoms with E-state index in [1.165, 1.54) is 31.3 Å². The number of hydrogen-bond donors (Lipinski definition) is 1. The Kier molecular flexibility index (Phi) is 3.83. The highest BCUT2D eigenvalue weighted by Crippen LogP contribution is 2.30. The van der Waals surface area contributed by atoms with Crippen molar-refractivity contribution in [3.05, 3.63) is 35.3 Å². The summed E-state index contributed by atoms with van der Waals surface area (Å²) in [5, 5.41) is 3.52. The molecule has 1 aliphatic rings. The van der Waals surface area contributed by atoms with Crippen LogP contribution in [0.2, 0.25) is 0 Å². The van der Waals surface area contributed by atoms with Gasteiger partial charge in [0, 0.05) is 0 Å². The highest BCUT2D eigenvalue weighted by molar-refractivity contribution is 5.23. The number of nitrogens with one attached hydrogen (secondary N) is 1. The Morgan fingerprint density at radius 1 is 1.38 bits per heavy atom. The minimum Gasteiger partial charge on any atom is -0.464 e. The quantitative estimate of drug-likeness (QED) is 0.780. The van der Waals surface area contributed by atoms with Crippen molar-refractivity contribution >= 4 is 0 Å². The number of likely N-dealkylation sites (N-methyl/N-ethyl adjacent to an activating group) is 1. The van der Waals surface area contributed by atoms with Crippen LogP contribution in [0.4, 0.5) is 0 Å². The summed E-state index contributed by atoms with van der Waals surface area (Å²) >= 11 is 0. The molecule has 16 heavy (non-hydrogen) atoms. The standard InChI is InChI=1S/C14H21NO/c1-3-15-14(12-7-5-4-6-8-12)13-10-9-11(2)16-13/h7,9-10,14-15H,3-6,8H2,1-2H3. The smallest absolute Gasteiger partial charge is 0.125 e. The normalized spacial score (nSPS) is 18.2. The Morgan fingerprint density at radius 3 is 2.81 bits per heavy atom. The summed E-state index contributed by atoms with van der Waals surface area (Å²) in [6, 6.07) is 4.43. The number of rotatable bonds is 4. The maximum absolute atomic E-state index is 5.75. The topological polar surface area (TPSA) is 25.2 Å². The van der Waals surface area contributed by atoms with E-state index in [1.807, 2.05) is 13.0 Å². The van der Waals surface area contributed by atoms with E-state index in [-0.39, 0.29) is 0 Å². The van der Waals surface area contributed by atoms with Crippen molar-refractivity contribution in [2.75, 3.05) is 6.54 Å². The molecule has 0 aromatic carbocycles. The number of allylic oxidation sites excluding steroid dienone is 1. The zero-order valence-corrected chi connectivity index (χ0v) is 10.3. The lowest BCUT2D eigenvalue weighted by molar-refractivity contribution is 0.421. The van der Waals surface area contributed by atoms with Crippen LogP contribution in [-0.2, 0) is 0 Å². The Labute approximate surface area is 97.7 Å². The third-order valence-electron chi connectivity index (χ3n) is 3.15. The lowest BCUT2D eigenvalue weighted by atomic mass is 9.92. The predicted octanol–water partition coefficient (Wildman–Crippen LogP) is 3.74. The molecule has 1 aromatic heterocycles. The zero-order chi connectivity index (χ0) is 11.4. The van der Waals surface area contributed by atoms with Crippen LogP contribution in [0.1, 0.15) is 50.2 Å². The molecule has 1 atom stereocenters. The van der Waals surface area contributed by atoms with E-state index >= 15 is 0 Å². The van der Waals surface area contributed by atoms with E-state index in [1.54, 1.807) is 0 Å². The molecule has 2 heteroatoms. The van der Waals surface area contributed by atoms with Gasteiger partial charge in [-0.3, -0.25) is 0 Å². The highest BCUT2D eigenvalue weighted by Gasteiger charge is 2.19. The van der Waals surface area contributed by atoms with Crippen LogP contribution in [0.3, 0.4) is 0 Å². The van der Waals surface area contributed by atoms with E-state index in [4.69, 9.17) is 4.42 Å². The third kappa shape index (κ3) is 2.56. The molecule has 2 nitrogen and oxygen atoms in total. The van der Waals surface area contributed by atoms with Crippen molar-refractivity contribution in [2.45, 2.75) is 45.6 Å². The fraction of sp³-hybridized carbons (Fsp3) is 0.571. The molecular weight excluding hydrogens is 198 g/mol. The maximum atomic E-state index is 5.75. The summed E-state index contributed by atoms with van der Waals surface area (Å²) < 4.78 is 5.75. The lowest BCUT2D eigenvalue weighted by Crippen LogP contribution is -2.23. The van der Waals surface area contributed by atoms with Crippen molar-refractivity contribution in [1.29, 1.82) is 0 Å². The first-order chi connectivity index (χ1) is 7.81. The van der Waals surface area contributed by atoms with Gasteiger partial charge in [0.1, 0.15) is 11.5 Å². The molecule has 1 aromatic rings. The molecule has 0 bridgehead atoms. The van der Waals surface area contributed by atoms with Crippen molar-refractivity contribution in [3.8, 4) is 0 Å². The van der Waals surface area contributed by atoms with Gasteiger partial charge >= 0.3 is 0 Å². The average molecular weight is 219 g/mol. The molecule has 1 N–H and O–H groups in total. The Bertz CT molecular complexity index is 365. The van der Waals surface area contributed by atoms with Crippen molar-refractivity contribution < 1.29 is 4.42 Å². The fourth-order valence-electron chi connectivity index (χ4n) is 2.35. The fourth-order valence-corrected chi connectivity index (χ4v) is 2.35. The number of hydrogen-bond acceptors (Lipinski definition) is 2. The summed E-state index contributed by atoms with van der Waals surface area (Å²) in [4.78, 5) is 0. The van der Waals surface area contributed by atoms with Gasteiger partial charge in [-0.2, -0.15) is 0 Å². The van der Waals surface area contributed by atoms with Gasteiger partial charge in [-0.15, -0.1) is 0 Å². The lowest BCUT2D eigenvalue weighted by Gasteiger charge is -2.22. The first-order valence-electron chi connectivity index (χ1n) is 6.30. The molecule has 2 rings (SSSR count). The van der Waals surface area contributed by atoms with Gasteiger partial charge in [0.25, 0.3) is 0 Å². The highest BCUT2D eigenvalue weighted by atomic mass is 16.3. The zero-order valence-electron chi connectivity index (χ0n) is 10.3. The minimum atomic E-state index is 0.291. The number of aryl methyl sites for hydroxylation is 1. The van der Waals surface area contributed by atoms with Gasteiger partial charge in [0.15, 0.2) is 0 Å². The molecule has 0 radical (unpaired) electrons. The molecule has 1 unspecified atom stereocenters. The Hall–Kier alpha value is -1.02. The van der Waals surface area contributed by atoms with Crippen LogP contribution < -0.4 is 5.32 Å². The molecular formula is C14H21NO. The van der Waals surface area contributed by atoms with Crippen molar-refractivity contribution in [3.63, 3.8) is 0 Å². The molecule has 88 valence electrons. The summed E-state index contributed by atoms with van der Waals surface area (Å²) in [6.07, 6.45) is 7.45. The molecule has 1 heterocycles. The summed E-state index contributed by atoms with van der Waals surface area (Å²) in [6.45, 7) is 5.12. The Balaban J connectivity index is 2.19. The van der Waals surface area contributed by atoms with Crippen LogP contribution in [0.5, 0.6) is 0 Å². The van der Waals surface area contributed by atoms with E-state index < -0.39 is 0 Å². The van der Waals surface area contributed by atoms with Gasteiger partial charge in [-0.05, 0) is 56.9 Å². The first kappa shape index (κ1) is 11.5. The van der Waals surface area contributed by atoms with Gasteiger partial charge in [0.05, 0.1) is 6.04 Å². The van der Waals surface area contributed by atoms with Crippen LogP contribution in [0.15, 0.2) is 28.2 Å². The van der Waals surface area contributed by atoms with Gasteiger partial charge in [-0.1, -0.05) is 13.0 Å². The van der Waals surface area contributed by atoms with E-state index in [2.05, 4.69) is 24.4 Å². The molecule has 1 aliphatic carbocycles. The summed E-state index contributed by atoms with van der Waals surface area (Å²) in [5.41, 5.74) is 1.50. The molecule has 0 spiro atoms. The van der Waals surface area contributed by atoms with Gasteiger partial charge in [-0.25, -0.2) is 0 Å². The molecule has 0 aliphatic heterocycles.